The first kappa shape index (κ1) is 44.9. The number of carboxylic acids is 2. The van der Waals surface area contributed by atoms with E-state index in [9.17, 15) is 19.8 Å². The van der Waals surface area contributed by atoms with Crippen LogP contribution in [0.4, 0.5) is 0 Å². The Kier molecular flexibility index (Phi) is 56.4. The van der Waals surface area contributed by atoms with Gasteiger partial charge in [0, 0.05) is 5.97 Å². The zero-order chi connectivity index (χ0) is 20.0. The second kappa shape index (κ2) is 37.6. The van der Waals surface area contributed by atoms with Gasteiger partial charge in [0.05, 0.1) is 12.1 Å². The molecule has 0 aliphatic carbocycles. The van der Waals surface area contributed by atoms with Crippen LogP contribution in [0.1, 0.15) is 117 Å². The zero-order valence-electron chi connectivity index (χ0n) is 19.4. The first-order chi connectivity index (χ1) is 12.4. The summed E-state index contributed by atoms with van der Waals surface area (Å²) in [6, 6.07) is 0. The van der Waals surface area contributed by atoms with Crippen molar-refractivity contribution in [1.29, 1.82) is 0 Å². The minimum absolute atomic E-state index is 0. The number of carbonyl (C=O) groups excluding carboxylic acids is 2. The number of aliphatic hydroxyl groups is 1. The van der Waals surface area contributed by atoms with Gasteiger partial charge in [-0.2, -0.15) is 0 Å². The number of carboxylic acid groups (broad SMARTS) is 2. The Morgan fingerprint density at radius 2 is 0.900 bits per heavy atom. The molecule has 0 bridgehead atoms. The second-order valence-corrected chi connectivity index (χ2v) is 7.07. The SMILES string of the molecule is CC(O)C(=O)[O-].CCCCCCCCCCCCCCCCCC(=O)[O-].O.O.[Ca+2].[Ca+2]. The van der Waals surface area contributed by atoms with Crippen LogP contribution in [-0.4, -0.2) is 110 Å². The molecule has 0 spiro atoms. The topological polar surface area (TPSA) is 163 Å². The van der Waals surface area contributed by atoms with Crippen molar-refractivity contribution in [3.05, 3.63) is 0 Å². The van der Waals surface area contributed by atoms with Crippen molar-refractivity contribution in [2.24, 2.45) is 0 Å². The Morgan fingerprint density at radius 1 is 0.667 bits per heavy atom. The molecule has 7 nitrogen and oxygen atoms in total. The van der Waals surface area contributed by atoms with E-state index in [1.807, 2.05) is 0 Å². The summed E-state index contributed by atoms with van der Waals surface area (Å²) in [6.07, 6.45) is 18.5. The molecule has 0 heterocycles. The van der Waals surface area contributed by atoms with Crippen molar-refractivity contribution in [1.82, 2.24) is 0 Å². The van der Waals surface area contributed by atoms with Gasteiger partial charge in [-0.25, -0.2) is 0 Å². The molecule has 0 saturated heterocycles. The molecule has 0 aliphatic rings. The van der Waals surface area contributed by atoms with Gasteiger partial charge in [-0.15, -0.1) is 0 Å². The fourth-order valence-corrected chi connectivity index (χ4v) is 2.64. The van der Waals surface area contributed by atoms with Gasteiger partial charge in [-0.05, 0) is 19.8 Å². The van der Waals surface area contributed by atoms with Crippen LogP contribution in [-0.2, 0) is 9.59 Å². The molecule has 0 rings (SSSR count). The third kappa shape index (κ3) is 47.2. The number of aliphatic carboxylic acids is 2. The first-order valence-corrected chi connectivity index (χ1v) is 10.5. The van der Waals surface area contributed by atoms with Crippen molar-refractivity contribution in [3.8, 4) is 0 Å². The number of aliphatic hydroxyl groups excluding tert-OH is 1. The normalized spacial score (nSPS) is 9.97. The zero-order valence-corrected chi connectivity index (χ0v) is 23.8. The number of hydrogen-bond donors (Lipinski definition) is 1. The van der Waals surface area contributed by atoms with Gasteiger partial charge in [0.1, 0.15) is 0 Å². The summed E-state index contributed by atoms with van der Waals surface area (Å²) >= 11 is 0. The fourth-order valence-electron chi connectivity index (χ4n) is 2.64. The largest absolute Gasteiger partial charge is 2.00 e. The van der Waals surface area contributed by atoms with E-state index in [0.29, 0.717) is 0 Å². The van der Waals surface area contributed by atoms with Crippen LogP contribution in [0.2, 0.25) is 0 Å². The second-order valence-electron chi connectivity index (χ2n) is 7.07. The Balaban J connectivity index is -0.000000126. The molecule has 172 valence electrons. The van der Waals surface area contributed by atoms with E-state index in [4.69, 9.17) is 5.11 Å². The van der Waals surface area contributed by atoms with Crippen LogP contribution >= 0.6 is 0 Å². The number of unbranched alkanes of at least 4 members (excludes halogenated alkanes) is 14. The Morgan fingerprint density at radius 3 is 1.10 bits per heavy atom. The van der Waals surface area contributed by atoms with Crippen LogP contribution in [0, 0.1) is 0 Å². The van der Waals surface area contributed by atoms with Crippen LogP contribution in [0.3, 0.4) is 0 Å². The quantitative estimate of drug-likeness (QED) is 0.235. The molecule has 1 unspecified atom stereocenters. The summed E-state index contributed by atoms with van der Waals surface area (Å²) in [5.41, 5.74) is 0. The molecule has 0 aromatic carbocycles. The summed E-state index contributed by atoms with van der Waals surface area (Å²) in [7, 11) is 0. The van der Waals surface area contributed by atoms with Gasteiger partial charge in [-0.3, -0.25) is 0 Å². The maximum Gasteiger partial charge on any atom is 2.00 e. The molecular weight excluding hydrogens is 444 g/mol. The van der Waals surface area contributed by atoms with Crippen LogP contribution in [0.5, 0.6) is 0 Å². The van der Waals surface area contributed by atoms with Crippen molar-refractivity contribution in [2.75, 3.05) is 0 Å². The molecule has 0 amide bonds. The Labute approximate surface area is 243 Å². The predicted molar refractivity (Wildman–Crippen MR) is 120 cm³/mol. The minimum Gasteiger partial charge on any atom is -0.550 e. The van der Waals surface area contributed by atoms with Crippen LogP contribution < -0.4 is 10.2 Å². The van der Waals surface area contributed by atoms with E-state index < -0.39 is 18.0 Å². The summed E-state index contributed by atoms with van der Waals surface area (Å²) in [4.78, 5) is 19.6. The van der Waals surface area contributed by atoms with E-state index >= 15 is 0 Å². The molecule has 5 N–H and O–H groups in total. The third-order valence-corrected chi connectivity index (χ3v) is 4.33. The summed E-state index contributed by atoms with van der Waals surface area (Å²) in [5, 5.41) is 27.5. The third-order valence-electron chi connectivity index (χ3n) is 4.33. The van der Waals surface area contributed by atoms with Crippen molar-refractivity contribution >= 4 is 87.4 Å². The van der Waals surface area contributed by atoms with E-state index in [1.165, 1.54) is 83.5 Å². The molecule has 30 heavy (non-hydrogen) atoms. The van der Waals surface area contributed by atoms with Gasteiger partial charge >= 0.3 is 75.5 Å². The minimum atomic E-state index is -1.44. The van der Waals surface area contributed by atoms with Crippen molar-refractivity contribution < 1.29 is 35.9 Å². The summed E-state index contributed by atoms with van der Waals surface area (Å²) in [6.45, 7) is 3.40. The molecule has 0 saturated carbocycles. The van der Waals surface area contributed by atoms with E-state index in [-0.39, 0.29) is 92.8 Å². The maximum atomic E-state index is 10.2. The molecule has 9 heteroatoms. The fraction of sp³-hybridized carbons (Fsp3) is 0.905. The average Bonchev–Trinajstić information content (AvgIpc) is 2.58. The van der Waals surface area contributed by atoms with E-state index in [2.05, 4.69) is 6.92 Å². The van der Waals surface area contributed by atoms with Gasteiger partial charge in [0.15, 0.2) is 0 Å². The number of carbonyl (C=O) groups is 2. The van der Waals surface area contributed by atoms with Crippen molar-refractivity contribution in [3.63, 3.8) is 0 Å². The van der Waals surface area contributed by atoms with Crippen LogP contribution in [0.25, 0.3) is 0 Å². The standard InChI is InChI=1S/C18H36O2.C3H6O3.2Ca.2H2O/c1-2-3-4-5-6-7-8-9-10-11-12-13-14-15-16-17-18(19)20;1-2(4)3(5)6;;;;/h2-17H2,1H3,(H,19,20);2,4H,1H3,(H,5,6);;;2*1H2/q;;2*+2;;/p-2. The maximum absolute atomic E-state index is 10.2. The van der Waals surface area contributed by atoms with Crippen molar-refractivity contribution in [2.45, 2.75) is 123 Å². The predicted octanol–water partition coefficient (Wildman–Crippen LogP) is 0.704. The monoisotopic (exact) mass is 488 g/mol. The number of hydrogen-bond acceptors (Lipinski definition) is 5. The molecule has 0 radical (unpaired) electrons. The first-order valence-electron chi connectivity index (χ1n) is 10.5. The molecule has 0 fully saturated rings. The molecular formula is C21H44Ca2O7+2. The molecule has 1 atom stereocenters. The van der Waals surface area contributed by atoms with E-state index in [1.54, 1.807) is 0 Å². The molecule has 0 aromatic heterocycles. The number of rotatable bonds is 17. The Hall–Kier alpha value is 1.34. The van der Waals surface area contributed by atoms with Gasteiger partial charge in [0.2, 0.25) is 0 Å². The van der Waals surface area contributed by atoms with E-state index in [0.717, 1.165) is 19.8 Å². The van der Waals surface area contributed by atoms with Gasteiger partial charge in [0.25, 0.3) is 0 Å². The van der Waals surface area contributed by atoms with Gasteiger partial charge in [-0.1, -0.05) is 96.8 Å². The summed E-state index contributed by atoms with van der Waals surface area (Å²) in [5.74, 6) is -2.34. The smallest absolute Gasteiger partial charge is 0.550 e. The average molecular weight is 489 g/mol. The van der Waals surface area contributed by atoms with Gasteiger partial charge < -0.3 is 35.9 Å². The molecule has 0 aliphatic heterocycles. The Bertz CT molecular complexity index is 330. The summed E-state index contributed by atoms with van der Waals surface area (Å²) < 4.78 is 0. The molecule has 0 aromatic rings. The van der Waals surface area contributed by atoms with Crippen LogP contribution in [0.15, 0.2) is 0 Å².